The van der Waals surface area contributed by atoms with Crippen LogP contribution in [0.5, 0.6) is 5.75 Å². The van der Waals surface area contributed by atoms with Crippen LogP contribution < -0.4 is 4.74 Å². The topological polar surface area (TPSA) is 38.8 Å². The smallest absolute Gasteiger partial charge is 0.332 e. The molecule has 2 aromatic rings. The first-order chi connectivity index (χ1) is 17.0. The lowest BCUT2D eigenvalue weighted by atomic mass is 9.82. The van der Waals surface area contributed by atoms with Gasteiger partial charge in [0.25, 0.3) is 0 Å². The molecule has 4 aliphatic heterocycles. The van der Waals surface area contributed by atoms with Crippen LogP contribution in [-0.4, -0.2) is 67.3 Å². The van der Waals surface area contributed by atoms with E-state index in [-0.39, 0.29) is 17.9 Å². The number of rotatable bonds is 9. The molecule has 7 heteroatoms. The minimum atomic E-state index is -0.700. The van der Waals surface area contributed by atoms with Crippen molar-refractivity contribution in [3.63, 3.8) is 0 Å². The molecule has 0 spiro atoms. The van der Waals surface area contributed by atoms with Crippen molar-refractivity contribution >= 4 is 17.3 Å². The van der Waals surface area contributed by atoms with Gasteiger partial charge in [-0.25, -0.2) is 9.18 Å². The Morgan fingerprint density at radius 1 is 1.14 bits per heavy atom. The van der Waals surface area contributed by atoms with Crippen LogP contribution in [0.1, 0.15) is 50.3 Å². The zero-order valence-corrected chi connectivity index (χ0v) is 21.6. The number of thiophene rings is 1. The van der Waals surface area contributed by atoms with E-state index in [4.69, 9.17) is 9.47 Å². The van der Waals surface area contributed by atoms with E-state index in [0.29, 0.717) is 18.3 Å². The summed E-state index contributed by atoms with van der Waals surface area (Å²) in [5.41, 5.74) is -0.700. The van der Waals surface area contributed by atoms with Gasteiger partial charge >= 0.3 is 5.97 Å². The molecule has 0 aliphatic carbocycles. The molecule has 4 aliphatic rings. The third kappa shape index (κ3) is 5.27. The van der Waals surface area contributed by atoms with Gasteiger partial charge in [0.1, 0.15) is 18.1 Å². The molecular weight excluding hydrogens is 463 g/mol. The van der Waals surface area contributed by atoms with E-state index in [1.807, 2.05) is 6.07 Å². The fourth-order valence-electron chi connectivity index (χ4n) is 6.32. The third-order valence-electron chi connectivity index (χ3n) is 8.55. The number of likely N-dealkylation sites (tertiary alicyclic amines) is 1. The Balaban J connectivity index is 1.21. The second-order valence-corrected chi connectivity index (χ2v) is 11.7. The summed E-state index contributed by atoms with van der Waals surface area (Å²) in [4.78, 5) is 17.3. The molecule has 2 atom stereocenters. The molecule has 4 saturated heterocycles. The monoisotopic (exact) mass is 501 g/mol. The van der Waals surface area contributed by atoms with E-state index >= 15 is 0 Å². The average Bonchev–Trinajstić information content (AvgIpc) is 3.44. The standard InChI is InChI=1S/C28H38FN2O3S/c1-28(26-7-5-20-35-26,30-14-3-2-4-15-30)27(32)34-25-21-31(17-12-22(25)13-18-31)16-6-19-33-24-10-8-23(29)9-11-24/h5,7-11,20,22,25H,2-4,6,12-19,21H2,1H3/q+1/t22?,25-,28-,31?/m0/s1. The van der Waals surface area contributed by atoms with Crippen molar-refractivity contribution in [1.82, 2.24) is 4.90 Å². The maximum Gasteiger partial charge on any atom is 0.332 e. The lowest BCUT2D eigenvalue weighted by Gasteiger charge is -2.52. The summed E-state index contributed by atoms with van der Waals surface area (Å²) >= 11 is 1.66. The van der Waals surface area contributed by atoms with Crippen LogP contribution in [0.3, 0.4) is 0 Å². The fraction of sp³-hybridized carbons (Fsp3) is 0.607. The number of hydrogen-bond acceptors (Lipinski definition) is 5. The Morgan fingerprint density at radius 2 is 1.89 bits per heavy atom. The van der Waals surface area contributed by atoms with E-state index in [1.54, 1.807) is 23.5 Å². The summed E-state index contributed by atoms with van der Waals surface area (Å²) in [6.45, 7) is 8.84. The molecule has 0 N–H and O–H groups in total. The predicted octanol–water partition coefficient (Wildman–Crippen LogP) is 5.21. The van der Waals surface area contributed by atoms with Crippen LogP contribution in [0, 0.1) is 11.7 Å². The molecule has 5 nitrogen and oxygen atoms in total. The van der Waals surface area contributed by atoms with Crippen molar-refractivity contribution < 1.29 is 23.1 Å². The minimum absolute atomic E-state index is 0.00732. The number of piperidine rings is 4. The summed E-state index contributed by atoms with van der Waals surface area (Å²) in [5, 5.41) is 2.06. The van der Waals surface area contributed by atoms with Crippen LogP contribution in [0.2, 0.25) is 0 Å². The van der Waals surface area contributed by atoms with E-state index in [9.17, 15) is 9.18 Å². The predicted molar refractivity (Wildman–Crippen MR) is 136 cm³/mol. The van der Waals surface area contributed by atoms with Crippen molar-refractivity contribution in [1.29, 1.82) is 0 Å². The molecule has 6 rings (SSSR count). The summed E-state index contributed by atoms with van der Waals surface area (Å²) in [5.74, 6) is 0.866. The van der Waals surface area contributed by atoms with Crippen molar-refractivity contribution in [2.24, 2.45) is 5.92 Å². The Morgan fingerprint density at radius 3 is 2.57 bits per heavy atom. The SMILES string of the molecule is C[C@@](C(=O)O[C@H]1C[N+]2(CCCOc3ccc(F)cc3)CCC1CC2)(c1cccs1)N1CCCCC1. The van der Waals surface area contributed by atoms with Crippen LogP contribution in [0.4, 0.5) is 4.39 Å². The maximum atomic E-state index is 13.8. The zero-order chi connectivity index (χ0) is 24.3. The van der Waals surface area contributed by atoms with Gasteiger partial charge in [-0.05, 0) is 68.6 Å². The normalized spacial score (nSPS) is 28.4. The minimum Gasteiger partial charge on any atom is -0.493 e. The van der Waals surface area contributed by atoms with Gasteiger partial charge in [0.2, 0.25) is 0 Å². The number of fused-ring (bicyclic) bond motifs is 3. The van der Waals surface area contributed by atoms with Crippen LogP contribution >= 0.6 is 11.3 Å². The van der Waals surface area contributed by atoms with Crippen molar-refractivity contribution in [3.8, 4) is 5.75 Å². The number of esters is 1. The summed E-state index contributed by atoms with van der Waals surface area (Å²) in [7, 11) is 0. The molecule has 5 heterocycles. The van der Waals surface area contributed by atoms with Crippen LogP contribution in [-0.2, 0) is 15.1 Å². The molecule has 35 heavy (non-hydrogen) atoms. The molecule has 0 amide bonds. The van der Waals surface area contributed by atoms with Gasteiger partial charge in [-0.1, -0.05) is 12.5 Å². The van der Waals surface area contributed by atoms with Gasteiger partial charge in [0.15, 0.2) is 11.6 Å². The van der Waals surface area contributed by atoms with E-state index in [0.717, 1.165) is 80.7 Å². The molecule has 190 valence electrons. The zero-order valence-electron chi connectivity index (χ0n) is 20.8. The number of quaternary nitrogens is 1. The van der Waals surface area contributed by atoms with Crippen molar-refractivity contribution in [3.05, 3.63) is 52.5 Å². The Kier molecular flexibility index (Phi) is 7.47. The summed E-state index contributed by atoms with van der Waals surface area (Å²) in [6, 6.07) is 10.3. The number of hydrogen-bond donors (Lipinski definition) is 0. The fourth-order valence-corrected chi connectivity index (χ4v) is 7.23. The molecule has 1 aromatic heterocycles. The van der Waals surface area contributed by atoms with Crippen molar-refractivity contribution in [2.45, 2.75) is 57.1 Å². The number of carbonyl (C=O) groups excluding carboxylic acids is 1. The lowest BCUT2D eigenvalue weighted by Crippen LogP contribution is -2.65. The Bertz CT molecular complexity index is 969. The van der Waals surface area contributed by atoms with E-state index in [2.05, 4.69) is 23.3 Å². The quantitative estimate of drug-likeness (QED) is 0.269. The molecule has 4 fully saturated rings. The largest absolute Gasteiger partial charge is 0.493 e. The van der Waals surface area contributed by atoms with Gasteiger partial charge in [0.05, 0.1) is 26.2 Å². The summed E-state index contributed by atoms with van der Waals surface area (Å²) in [6.07, 6.45) is 6.69. The highest BCUT2D eigenvalue weighted by atomic mass is 32.1. The maximum absolute atomic E-state index is 13.8. The average molecular weight is 502 g/mol. The molecular formula is C28H38FN2O3S+. The van der Waals surface area contributed by atoms with Gasteiger partial charge < -0.3 is 14.0 Å². The first-order valence-electron chi connectivity index (χ1n) is 13.2. The highest BCUT2D eigenvalue weighted by Gasteiger charge is 2.50. The first kappa shape index (κ1) is 24.7. The molecule has 0 unspecified atom stereocenters. The van der Waals surface area contributed by atoms with Crippen LogP contribution in [0.25, 0.3) is 0 Å². The van der Waals surface area contributed by atoms with Gasteiger partial charge in [-0.2, -0.15) is 0 Å². The molecule has 2 bridgehead atoms. The number of ether oxygens (including phenoxy) is 2. The second kappa shape index (κ2) is 10.6. The van der Waals surface area contributed by atoms with Gasteiger partial charge in [-0.15, -0.1) is 11.3 Å². The second-order valence-electron chi connectivity index (χ2n) is 10.7. The Hall–Kier alpha value is -1.96. The molecule has 0 saturated carbocycles. The number of halogens is 1. The highest BCUT2D eigenvalue weighted by Crippen LogP contribution is 2.39. The lowest BCUT2D eigenvalue weighted by molar-refractivity contribution is -0.946. The number of carbonyl (C=O) groups is 1. The molecule has 1 aromatic carbocycles. The third-order valence-corrected chi connectivity index (χ3v) is 9.63. The van der Waals surface area contributed by atoms with Gasteiger partial charge in [-0.3, -0.25) is 4.90 Å². The number of nitrogens with zero attached hydrogens (tertiary/aromatic N) is 2. The first-order valence-corrected chi connectivity index (χ1v) is 14.1. The van der Waals surface area contributed by atoms with E-state index in [1.165, 1.54) is 18.6 Å². The van der Waals surface area contributed by atoms with Gasteiger partial charge in [0, 0.05) is 30.1 Å². The Labute approximate surface area is 212 Å². The van der Waals surface area contributed by atoms with Crippen molar-refractivity contribution in [2.75, 3.05) is 45.9 Å². The van der Waals surface area contributed by atoms with Crippen LogP contribution in [0.15, 0.2) is 41.8 Å². The molecule has 0 radical (unpaired) electrons. The summed E-state index contributed by atoms with van der Waals surface area (Å²) < 4.78 is 26.4. The highest BCUT2D eigenvalue weighted by molar-refractivity contribution is 7.10. The number of benzene rings is 1. The van der Waals surface area contributed by atoms with E-state index < -0.39 is 5.54 Å².